The van der Waals surface area contributed by atoms with E-state index in [0.29, 0.717) is 11.4 Å². The maximum atomic E-state index is 8.75. The first kappa shape index (κ1) is 8.04. The van der Waals surface area contributed by atoms with Crippen molar-refractivity contribution < 1.29 is 5.21 Å². The van der Waals surface area contributed by atoms with Crippen LogP contribution in [-0.2, 0) is 6.42 Å². The number of anilines is 1. The van der Waals surface area contributed by atoms with E-state index < -0.39 is 0 Å². The number of aromatic nitrogens is 1. The first-order chi connectivity index (χ1) is 6.31. The first-order valence-corrected chi connectivity index (χ1v) is 4.27. The van der Waals surface area contributed by atoms with Gasteiger partial charge in [-0.05, 0) is 25.3 Å². The Kier molecular flexibility index (Phi) is 1.88. The second-order valence-corrected chi connectivity index (χ2v) is 3.16. The third-order valence-corrected chi connectivity index (χ3v) is 2.25. The van der Waals surface area contributed by atoms with Crippen LogP contribution in [0.25, 0.3) is 0 Å². The van der Waals surface area contributed by atoms with Crippen molar-refractivity contribution in [3.8, 4) is 0 Å². The average Bonchev–Trinajstić information content (AvgIpc) is 2.17. The number of hydrogen-bond donors (Lipinski definition) is 2. The van der Waals surface area contributed by atoms with Gasteiger partial charge in [-0.1, -0.05) is 5.16 Å². The van der Waals surface area contributed by atoms with E-state index in [1.165, 1.54) is 0 Å². The fourth-order valence-electron chi connectivity index (χ4n) is 1.62. The van der Waals surface area contributed by atoms with Crippen LogP contribution >= 0.6 is 0 Å². The molecular weight excluding hydrogens is 166 g/mol. The summed E-state index contributed by atoms with van der Waals surface area (Å²) in [5, 5.41) is 12.0. The second-order valence-electron chi connectivity index (χ2n) is 3.16. The van der Waals surface area contributed by atoms with Crippen LogP contribution in [0.15, 0.2) is 17.4 Å². The van der Waals surface area contributed by atoms with Crippen molar-refractivity contribution in [2.24, 2.45) is 5.16 Å². The number of fused-ring (bicyclic) bond motifs is 1. The minimum atomic E-state index is 0.613. The fourth-order valence-corrected chi connectivity index (χ4v) is 1.62. The zero-order valence-electron chi connectivity index (χ0n) is 7.20. The molecule has 13 heavy (non-hydrogen) atoms. The maximum Gasteiger partial charge on any atom is 0.0886 e. The number of rotatable bonds is 0. The number of nitrogen functional groups attached to an aromatic ring is 1. The molecule has 3 N–H and O–H groups in total. The van der Waals surface area contributed by atoms with E-state index in [1.807, 2.05) is 6.07 Å². The van der Waals surface area contributed by atoms with E-state index in [0.717, 1.165) is 30.5 Å². The summed E-state index contributed by atoms with van der Waals surface area (Å²) >= 11 is 0. The molecule has 2 rings (SSSR count). The molecule has 0 aromatic carbocycles. The van der Waals surface area contributed by atoms with Crippen LogP contribution in [0.4, 0.5) is 5.69 Å². The van der Waals surface area contributed by atoms with E-state index in [-0.39, 0.29) is 0 Å². The van der Waals surface area contributed by atoms with E-state index in [4.69, 9.17) is 10.9 Å². The highest BCUT2D eigenvalue weighted by Gasteiger charge is 2.16. The third-order valence-electron chi connectivity index (χ3n) is 2.25. The van der Waals surface area contributed by atoms with Crippen LogP contribution in [0.1, 0.15) is 24.1 Å². The van der Waals surface area contributed by atoms with E-state index >= 15 is 0 Å². The molecule has 68 valence electrons. The summed E-state index contributed by atoms with van der Waals surface area (Å²) in [6.07, 6.45) is 4.37. The average molecular weight is 177 g/mol. The standard InChI is InChI=1S/C9H11N3O/c10-6-4-7-8(11-5-6)2-1-3-9(7)12-13/h4-5,13H,1-3,10H2/b12-9-. The van der Waals surface area contributed by atoms with Gasteiger partial charge in [0.05, 0.1) is 17.6 Å². The third kappa shape index (κ3) is 1.35. The smallest absolute Gasteiger partial charge is 0.0886 e. The molecule has 0 saturated carbocycles. The zero-order chi connectivity index (χ0) is 9.26. The van der Waals surface area contributed by atoms with Gasteiger partial charge in [-0.2, -0.15) is 0 Å². The summed E-state index contributed by atoms with van der Waals surface area (Å²) in [7, 11) is 0. The number of nitrogens with two attached hydrogens (primary N) is 1. The van der Waals surface area contributed by atoms with Crippen LogP contribution in [-0.4, -0.2) is 15.9 Å². The zero-order valence-corrected chi connectivity index (χ0v) is 7.20. The van der Waals surface area contributed by atoms with E-state index in [9.17, 15) is 0 Å². The van der Waals surface area contributed by atoms with Crippen LogP contribution < -0.4 is 5.73 Å². The lowest BCUT2D eigenvalue weighted by Crippen LogP contribution is -2.14. The molecule has 1 aromatic rings. The van der Waals surface area contributed by atoms with Crippen LogP contribution in [0.3, 0.4) is 0 Å². The Morgan fingerprint density at radius 2 is 2.31 bits per heavy atom. The van der Waals surface area contributed by atoms with Gasteiger partial charge in [0.1, 0.15) is 0 Å². The molecule has 0 fully saturated rings. The molecule has 0 bridgehead atoms. The van der Waals surface area contributed by atoms with Crippen LogP contribution in [0, 0.1) is 0 Å². The van der Waals surface area contributed by atoms with Gasteiger partial charge in [0.2, 0.25) is 0 Å². The molecule has 1 aromatic heterocycles. The molecule has 1 heterocycles. The monoisotopic (exact) mass is 177 g/mol. The lowest BCUT2D eigenvalue weighted by molar-refractivity contribution is 0.317. The number of pyridine rings is 1. The molecule has 0 atom stereocenters. The van der Waals surface area contributed by atoms with Crippen molar-refractivity contribution in [2.75, 3.05) is 5.73 Å². The Morgan fingerprint density at radius 3 is 3.08 bits per heavy atom. The molecule has 1 aliphatic carbocycles. The van der Waals surface area contributed by atoms with Crippen LogP contribution in [0.5, 0.6) is 0 Å². The molecule has 0 radical (unpaired) electrons. The molecule has 1 aliphatic rings. The molecule has 0 unspecified atom stereocenters. The first-order valence-electron chi connectivity index (χ1n) is 4.27. The van der Waals surface area contributed by atoms with Gasteiger partial charge in [0, 0.05) is 11.3 Å². The van der Waals surface area contributed by atoms with Gasteiger partial charge < -0.3 is 10.9 Å². The summed E-state index contributed by atoms with van der Waals surface area (Å²) in [4.78, 5) is 4.20. The Bertz CT molecular complexity index is 360. The largest absolute Gasteiger partial charge is 0.411 e. The fraction of sp³-hybridized carbons (Fsp3) is 0.333. The molecule has 0 saturated heterocycles. The Hall–Kier alpha value is -1.58. The lowest BCUT2D eigenvalue weighted by Gasteiger charge is -2.15. The summed E-state index contributed by atoms with van der Waals surface area (Å²) < 4.78 is 0. The Balaban J connectivity index is 2.54. The topological polar surface area (TPSA) is 71.5 Å². The number of nitrogens with zero attached hydrogens (tertiary/aromatic N) is 2. The Labute approximate surface area is 76.1 Å². The van der Waals surface area contributed by atoms with Gasteiger partial charge in [0.25, 0.3) is 0 Å². The molecular formula is C9H11N3O. The lowest BCUT2D eigenvalue weighted by atomic mass is 9.94. The highest BCUT2D eigenvalue weighted by atomic mass is 16.4. The SMILES string of the molecule is Nc1cnc2c(c1)/C(=N\O)CCC2. The predicted octanol–water partition coefficient (Wildman–Crippen LogP) is 1.18. The van der Waals surface area contributed by atoms with Gasteiger partial charge in [0.15, 0.2) is 0 Å². The van der Waals surface area contributed by atoms with Gasteiger partial charge in [-0.15, -0.1) is 0 Å². The van der Waals surface area contributed by atoms with Crippen molar-refractivity contribution in [3.05, 3.63) is 23.5 Å². The molecule has 4 nitrogen and oxygen atoms in total. The maximum absolute atomic E-state index is 8.75. The number of aryl methyl sites for hydroxylation is 1. The number of hydrogen-bond acceptors (Lipinski definition) is 4. The molecule has 0 spiro atoms. The quantitative estimate of drug-likeness (QED) is 0.461. The van der Waals surface area contributed by atoms with E-state index in [2.05, 4.69) is 10.1 Å². The summed E-state index contributed by atoms with van der Waals surface area (Å²) in [5.74, 6) is 0. The van der Waals surface area contributed by atoms with Gasteiger partial charge in [-0.25, -0.2) is 0 Å². The van der Waals surface area contributed by atoms with Crippen molar-refractivity contribution >= 4 is 11.4 Å². The van der Waals surface area contributed by atoms with Crippen molar-refractivity contribution in [1.29, 1.82) is 0 Å². The molecule has 0 aliphatic heterocycles. The summed E-state index contributed by atoms with van der Waals surface area (Å²) in [6, 6.07) is 1.82. The van der Waals surface area contributed by atoms with E-state index in [1.54, 1.807) is 6.20 Å². The Morgan fingerprint density at radius 1 is 1.46 bits per heavy atom. The van der Waals surface area contributed by atoms with Crippen molar-refractivity contribution in [2.45, 2.75) is 19.3 Å². The normalized spacial score (nSPS) is 18.6. The van der Waals surface area contributed by atoms with Gasteiger partial charge >= 0.3 is 0 Å². The predicted molar refractivity (Wildman–Crippen MR) is 49.9 cm³/mol. The number of oxime groups is 1. The van der Waals surface area contributed by atoms with Crippen molar-refractivity contribution in [3.63, 3.8) is 0 Å². The highest BCUT2D eigenvalue weighted by Crippen LogP contribution is 2.21. The molecule has 0 amide bonds. The highest BCUT2D eigenvalue weighted by molar-refractivity contribution is 6.02. The minimum absolute atomic E-state index is 0.613. The van der Waals surface area contributed by atoms with Gasteiger partial charge in [-0.3, -0.25) is 4.98 Å². The van der Waals surface area contributed by atoms with Crippen LogP contribution in [0.2, 0.25) is 0 Å². The van der Waals surface area contributed by atoms with Crippen molar-refractivity contribution in [1.82, 2.24) is 4.98 Å². The summed E-state index contributed by atoms with van der Waals surface area (Å²) in [5.41, 5.74) is 8.78. The minimum Gasteiger partial charge on any atom is -0.411 e. The summed E-state index contributed by atoms with van der Waals surface area (Å²) in [6.45, 7) is 0. The molecule has 4 heteroatoms. The second kappa shape index (κ2) is 3.05.